The highest BCUT2D eigenvalue weighted by Crippen LogP contribution is 2.37. The quantitative estimate of drug-likeness (QED) is 0.0957. The number of esters is 3. The van der Waals surface area contributed by atoms with Crippen molar-refractivity contribution in [1.82, 2.24) is 19.5 Å². The highest BCUT2D eigenvalue weighted by atomic mass is 32.2. The summed E-state index contributed by atoms with van der Waals surface area (Å²) in [5.74, 6) is -1.36. The van der Waals surface area contributed by atoms with Crippen molar-refractivity contribution in [2.24, 2.45) is 0 Å². The molecule has 0 radical (unpaired) electrons. The first kappa shape index (κ1) is 26.9. The van der Waals surface area contributed by atoms with Crippen LogP contribution in [0.25, 0.3) is 11.2 Å². The predicted molar refractivity (Wildman–Crippen MR) is 130 cm³/mol. The van der Waals surface area contributed by atoms with Crippen LogP contribution < -0.4 is 0 Å². The van der Waals surface area contributed by atoms with Gasteiger partial charge in [-0.25, -0.2) is 15.0 Å². The van der Waals surface area contributed by atoms with Crippen molar-refractivity contribution in [3.8, 4) is 0 Å². The van der Waals surface area contributed by atoms with Gasteiger partial charge in [-0.3, -0.25) is 29.1 Å². The van der Waals surface area contributed by atoms with Gasteiger partial charge in [0.1, 0.15) is 29.6 Å². The summed E-state index contributed by atoms with van der Waals surface area (Å²) < 4.78 is 23.5. The number of benzene rings is 1. The molecule has 0 N–H and O–H groups in total. The molecule has 1 aliphatic rings. The van der Waals surface area contributed by atoms with Gasteiger partial charge in [-0.2, -0.15) is 0 Å². The average molecular weight is 546 g/mol. The maximum atomic E-state index is 11.9. The Morgan fingerprint density at radius 3 is 2.34 bits per heavy atom. The summed E-state index contributed by atoms with van der Waals surface area (Å²) >= 11 is 1.36. The summed E-state index contributed by atoms with van der Waals surface area (Å²) in [6.07, 6.45) is -1.29. The zero-order valence-electron chi connectivity index (χ0n) is 20.5. The molecular weight excluding hydrogens is 522 g/mol. The molecule has 3 heterocycles. The molecule has 15 heteroatoms. The standard InChI is InChI=1S/C23H23N5O9S/c1-12(29)34-8-17-19(35-13(2)30)20(36-14(3)31)23(37-17)27-11-26-18-21(27)24-10-25-22(18)38-9-15-4-6-16(7-5-15)28(32)33/h4-7,10-11,17,19-20,23H,8-9H2,1-3H3/t17-,19-,20-,23-/m1/s1. The number of fused-ring (bicyclic) bond motifs is 1. The van der Waals surface area contributed by atoms with Crippen LogP contribution in [-0.4, -0.2) is 67.3 Å². The van der Waals surface area contributed by atoms with E-state index in [1.807, 2.05) is 0 Å². The lowest BCUT2D eigenvalue weighted by Gasteiger charge is -2.23. The van der Waals surface area contributed by atoms with Crippen molar-refractivity contribution < 1.29 is 38.3 Å². The van der Waals surface area contributed by atoms with Gasteiger partial charge in [0.25, 0.3) is 5.69 Å². The largest absolute Gasteiger partial charge is 0.463 e. The molecule has 14 nitrogen and oxygen atoms in total. The van der Waals surface area contributed by atoms with E-state index in [-0.39, 0.29) is 12.3 Å². The number of hydrogen-bond acceptors (Lipinski definition) is 13. The Balaban J connectivity index is 1.62. The molecule has 3 aromatic rings. The zero-order chi connectivity index (χ0) is 27.4. The van der Waals surface area contributed by atoms with Gasteiger partial charge in [-0.05, 0) is 5.56 Å². The molecule has 0 unspecified atom stereocenters. The Labute approximate surface area is 219 Å². The normalized spacial score (nSPS) is 20.7. The first-order valence-corrected chi connectivity index (χ1v) is 12.3. The van der Waals surface area contributed by atoms with Crippen molar-refractivity contribution in [2.75, 3.05) is 6.61 Å². The van der Waals surface area contributed by atoms with Gasteiger partial charge in [0.15, 0.2) is 24.1 Å². The van der Waals surface area contributed by atoms with Crippen LogP contribution in [0, 0.1) is 10.1 Å². The number of ether oxygens (including phenoxy) is 4. The fourth-order valence-electron chi connectivity index (χ4n) is 3.90. The van der Waals surface area contributed by atoms with Gasteiger partial charge in [-0.15, -0.1) is 0 Å². The topological polar surface area (TPSA) is 175 Å². The van der Waals surface area contributed by atoms with E-state index in [1.54, 1.807) is 12.1 Å². The number of aromatic nitrogens is 4. The fraction of sp³-hybridized carbons (Fsp3) is 0.391. The number of nitrogens with zero attached hydrogens (tertiary/aromatic N) is 5. The van der Waals surface area contributed by atoms with E-state index < -0.39 is 47.4 Å². The lowest BCUT2D eigenvalue weighted by molar-refractivity contribution is -0.384. The van der Waals surface area contributed by atoms with Crippen LogP contribution in [0.15, 0.2) is 41.9 Å². The van der Waals surface area contributed by atoms with Crippen LogP contribution in [0.4, 0.5) is 5.69 Å². The third kappa shape index (κ3) is 6.06. The van der Waals surface area contributed by atoms with Gasteiger partial charge < -0.3 is 18.9 Å². The fourth-order valence-corrected chi connectivity index (χ4v) is 4.80. The summed E-state index contributed by atoms with van der Waals surface area (Å²) in [4.78, 5) is 58.6. The van der Waals surface area contributed by atoms with Crippen molar-refractivity contribution >= 4 is 46.5 Å². The lowest BCUT2D eigenvalue weighted by atomic mass is 10.1. The summed E-state index contributed by atoms with van der Waals surface area (Å²) in [5, 5.41) is 11.4. The van der Waals surface area contributed by atoms with Crippen LogP contribution in [0.5, 0.6) is 0 Å². The minimum absolute atomic E-state index is 0.000110. The highest BCUT2D eigenvalue weighted by Gasteiger charge is 2.51. The molecule has 0 bridgehead atoms. The summed E-state index contributed by atoms with van der Waals surface area (Å²) in [6, 6.07) is 6.18. The minimum Gasteiger partial charge on any atom is -0.463 e. The Morgan fingerprint density at radius 2 is 1.71 bits per heavy atom. The van der Waals surface area contributed by atoms with E-state index in [4.69, 9.17) is 18.9 Å². The molecule has 0 saturated carbocycles. The Hall–Kier alpha value is -4.11. The van der Waals surface area contributed by atoms with E-state index in [0.29, 0.717) is 21.9 Å². The van der Waals surface area contributed by atoms with Crippen LogP contribution in [0.3, 0.4) is 0 Å². The van der Waals surface area contributed by atoms with E-state index in [0.717, 1.165) is 5.56 Å². The van der Waals surface area contributed by atoms with Gasteiger partial charge >= 0.3 is 17.9 Å². The summed E-state index contributed by atoms with van der Waals surface area (Å²) in [6.45, 7) is 3.41. The SMILES string of the molecule is CC(=O)OC[C@H]1O[C@@H](n2cnc3c(SCc4ccc([N+](=O)[O-])cc4)ncnc32)[C@H](OC(C)=O)[C@@H]1OC(C)=O. The molecule has 0 amide bonds. The van der Waals surface area contributed by atoms with Gasteiger partial charge in [0.05, 0.1) is 11.3 Å². The molecule has 0 aliphatic carbocycles. The number of nitro benzene ring substituents is 1. The molecular formula is C23H23N5O9S. The molecule has 1 fully saturated rings. The van der Waals surface area contributed by atoms with Crippen molar-refractivity contribution in [2.45, 2.75) is 56.1 Å². The molecule has 1 aliphatic heterocycles. The number of carbonyl (C=O) groups is 3. The van der Waals surface area contributed by atoms with E-state index in [9.17, 15) is 24.5 Å². The Morgan fingerprint density at radius 1 is 1.03 bits per heavy atom. The maximum absolute atomic E-state index is 11.9. The molecule has 4 rings (SSSR count). The van der Waals surface area contributed by atoms with Crippen molar-refractivity contribution in [1.29, 1.82) is 0 Å². The summed E-state index contributed by atoms with van der Waals surface area (Å²) in [5.41, 5.74) is 1.65. The lowest BCUT2D eigenvalue weighted by Crippen LogP contribution is -2.40. The monoisotopic (exact) mass is 545 g/mol. The predicted octanol–water partition coefficient (Wildman–Crippen LogP) is 2.35. The van der Waals surface area contributed by atoms with Crippen LogP contribution in [0.2, 0.25) is 0 Å². The highest BCUT2D eigenvalue weighted by molar-refractivity contribution is 7.98. The summed E-state index contributed by atoms with van der Waals surface area (Å²) in [7, 11) is 0. The smallest absolute Gasteiger partial charge is 0.303 e. The minimum atomic E-state index is -1.08. The van der Waals surface area contributed by atoms with E-state index in [1.165, 1.54) is 61.9 Å². The van der Waals surface area contributed by atoms with E-state index >= 15 is 0 Å². The second kappa shape index (κ2) is 11.5. The van der Waals surface area contributed by atoms with Crippen LogP contribution in [0.1, 0.15) is 32.6 Å². The van der Waals surface area contributed by atoms with Gasteiger partial charge in [0, 0.05) is 38.7 Å². The van der Waals surface area contributed by atoms with Crippen LogP contribution in [-0.2, 0) is 39.1 Å². The average Bonchev–Trinajstić information content (AvgIpc) is 3.43. The van der Waals surface area contributed by atoms with Crippen molar-refractivity contribution in [3.05, 3.63) is 52.6 Å². The maximum Gasteiger partial charge on any atom is 0.303 e. The first-order chi connectivity index (χ1) is 18.1. The van der Waals surface area contributed by atoms with Gasteiger partial charge in [-0.1, -0.05) is 23.9 Å². The van der Waals surface area contributed by atoms with Crippen molar-refractivity contribution in [3.63, 3.8) is 0 Å². The molecule has 1 saturated heterocycles. The number of carbonyl (C=O) groups excluding carboxylic acids is 3. The van der Waals surface area contributed by atoms with E-state index in [2.05, 4.69) is 15.0 Å². The van der Waals surface area contributed by atoms with Gasteiger partial charge in [0.2, 0.25) is 0 Å². The Bertz CT molecular complexity index is 1360. The third-order valence-corrected chi connectivity index (χ3v) is 6.51. The number of non-ortho nitro benzene ring substituents is 1. The number of nitro groups is 1. The first-order valence-electron chi connectivity index (χ1n) is 11.3. The number of rotatable bonds is 9. The number of thioether (sulfide) groups is 1. The number of hydrogen-bond donors (Lipinski definition) is 0. The second-order valence-corrected chi connectivity index (χ2v) is 9.19. The Kier molecular flexibility index (Phi) is 8.16. The molecule has 1 aromatic carbocycles. The van der Waals surface area contributed by atoms with Crippen LogP contribution >= 0.6 is 11.8 Å². The molecule has 4 atom stereocenters. The third-order valence-electron chi connectivity index (χ3n) is 5.46. The number of imidazole rings is 1. The molecule has 2 aromatic heterocycles. The second-order valence-electron chi connectivity index (χ2n) is 8.23. The zero-order valence-corrected chi connectivity index (χ0v) is 21.3. The molecule has 200 valence electrons. The molecule has 0 spiro atoms. The molecule has 38 heavy (non-hydrogen) atoms.